The van der Waals surface area contributed by atoms with E-state index >= 15 is 0 Å². The summed E-state index contributed by atoms with van der Waals surface area (Å²) in [5, 5.41) is 3.03. The van der Waals surface area contributed by atoms with E-state index < -0.39 is 18.1 Å². The molecule has 0 saturated carbocycles. The molecule has 3 rings (SSSR count). The predicted molar refractivity (Wildman–Crippen MR) is 80.5 cm³/mol. The fourth-order valence-corrected chi connectivity index (χ4v) is 2.72. The van der Waals surface area contributed by atoms with Gasteiger partial charge in [0.05, 0.1) is 5.92 Å². The molecule has 0 bridgehead atoms. The number of piperidine rings is 1. The second-order valence-electron chi connectivity index (χ2n) is 5.51. The molecule has 1 saturated heterocycles. The van der Waals surface area contributed by atoms with Crippen LogP contribution < -0.4 is 5.32 Å². The molecule has 0 aliphatic carbocycles. The zero-order valence-electron chi connectivity index (χ0n) is 12.3. The van der Waals surface area contributed by atoms with E-state index in [-0.39, 0.29) is 17.5 Å². The number of hydrogen-bond acceptors (Lipinski definition) is 4. The van der Waals surface area contributed by atoms with Crippen molar-refractivity contribution in [3.63, 3.8) is 0 Å². The molecule has 1 N–H and O–H groups in total. The standard InChI is InChI=1S/C16H16FN3O2/c1-9-14(21)13-15(20(2)16(9)22)19-12(18-13)7-6-10-4-3-5-11(17)8-10/h3-9,13,15H,1-2H3,(H,18,19)/b7-6+. The lowest BCUT2D eigenvalue weighted by Gasteiger charge is -2.34. The molecule has 5 nitrogen and oxygen atoms in total. The van der Waals surface area contributed by atoms with Crippen molar-refractivity contribution in [2.75, 3.05) is 7.05 Å². The van der Waals surface area contributed by atoms with Crippen molar-refractivity contribution in [3.8, 4) is 0 Å². The van der Waals surface area contributed by atoms with E-state index in [9.17, 15) is 14.0 Å². The van der Waals surface area contributed by atoms with Crippen molar-refractivity contribution < 1.29 is 14.0 Å². The van der Waals surface area contributed by atoms with Gasteiger partial charge in [0.25, 0.3) is 0 Å². The lowest BCUT2D eigenvalue weighted by molar-refractivity contribution is -0.147. The topological polar surface area (TPSA) is 61.8 Å². The number of rotatable bonds is 2. The molecule has 1 aromatic carbocycles. The van der Waals surface area contributed by atoms with Crippen LogP contribution in [0.2, 0.25) is 0 Å². The van der Waals surface area contributed by atoms with Gasteiger partial charge in [-0.25, -0.2) is 9.38 Å². The molecule has 1 amide bonds. The third kappa shape index (κ3) is 2.41. The highest BCUT2D eigenvalue weighted by Crippen LogP contribution is 2.23. The smallest absolute Gasteiger partial charge is 0.234 e. The van der Waals surface area contributed by atoms with Crippen molar-refractivity contribution in [1.29, 1.82) is 0 Å². The Morgan fingerprint density at radius 2 is 2.09 bits per heavy atom. The highest BCUT2D eigenvalue weighted by atomic mass is 19.1. The van der Waals surface area contributed by atoms with E-state index in [0.29, 0.717) is 11.4 Å². The molecular weight excluding hydrogens is 285 g/mol. The Morgan fingerprint density at radius 3 is 2.82 bits per heavy atom. The van der Waals surface area contributed by atoms with Crippen LogP contribution in [0.25, 0.3) is 6.08 Å². The van der Waals surface area contributed by atoms with Crippen molar-refractivity contribution in [1.82, 2.24) is 10.2 Å². The average Bonchev–Trinajstić information content (AvgIpc) is 2.93. The van der Waals surface area contributed by atoms with Gasteiger partial charge in [0.2, 0.25) is 5.91 Å². The molecule has 22 heavy (non-hydrogen) atoms. The number of likely N-dealkylation sites (N-methyl/N-ethyl adjacent to an activating group) is 1. The fraction of sp³-hybridized carbons (Fsp3) is 0.312. The lowest BCUT2D eigenvalue weighted by Crippen LogP contribution is -2.59. The minimum absolute atomic E-state index is 0.147. The van der Waals surface area contributed by atoms with Crippen LogP contribution in [-0.4, -0.2) is 41.7 Å². The highest BCUT2D eigenvalue weighted by molar-refractivity contribution is 6.10. The summed E-state index contributed by atoms with van der Waals surface area (Å²) < 4.78 is 13.1. The number of ketones is 1. The summed E-state index contributed by atoms with van der Waals surface area (Å²) in [6.07, 6.45) is 2.88. The Kier molecular flexibility index (Phi) is 3.52. The number of benzene rings is 1. The Hall–Kier alpha value is -2.50. The maximum Gasteiger partial charge on any atom is 0.234 e. The molecule has 3 unspecified atom stereocenters. The second-order valence-corrected chi connectivity index (χ2v) is 5.51. The second kappa shape index (κ2) is 5.36. The largest absolute Gasteiger partial charge is 0.357 e. The monoisotopic (exact) mass is 301 g/mol. The van der Waals surface area contributed by atoms with Gasteiger partial charge in [-0.3, -0.25) is 9.59 Å². The van der Waals surface area contributed by atoms with Gasteiger partial charge < -0.3 is 10.2 Å². The van der Waals surface area contributed by atoms with Crippen LogP contribution in [-0.2, 0) is 9.59 Å². The van der Waals surface area contributed by atoms with Crippen LogP contribution in [0.1, 0.15) is 12.5 Å². The van der Waals surface area contributed by atoms with Gasteiger partial charge in [-0.1, -0.05) is 18.2 Å². The van der Waals surface area contributed by atoms with E-state index in [0.717, 1.165) is 0 Å². The van der Waals surface area contributed by atoms with Crippen LogP contribution in [0, 0.1) is 11.7 Å². The quantitative estimate of drug-likeness (QED) is 0.835. The number of amidine groups is 1. The molecule has 6 heteroatoms. The molecule has 1 fully saturated rings. The zero-order valence-corrected chi connectivity index (χ0v) is 12.3. The Balaban J connectivity index is 1.80. The normalized spacial score (nSPS) is 27.9. The van der Waals surface area contributed by atoms with Gasteiger partial charge in [0.1, 0.15) is 17.7 Å². The average molecular weight is 301 g/mol. The number of nitrogens with one attached hydrogen (secondary N) is 1. The molecule has 0 spiro atoms. The number of halogens is 1. The minimum Gasteiger partial charge on any atom is -0.357 e. The number of nitrogens with zero attached hydrogens (tertiary/aromatic N) is 2. The number of aliphatic imine (C=N–C) groups is 1. The van der Waals surface area contributed by atoms with Gasteiger partial charge in [-0.05, 0) is 30.7 Å². The fourth-order valence-electron chi connectivity index (χ4n) is 2.72. The van der Waals surface area contributed by atoms with Gasteiger partial charge in [-0.2, -0.15) is 0 Å². The first kappa shape index (κ1) is 14.4. The van der Waals surface area contributed by atoms with E-state index in [1.54, 1.807) is 38.3 Å². The Morgan fingerprint density at radius 1 is 1.32 bits per heavy atom. The number of hydrogen-bond donors (Lipinski definition) is 1. The van der Waals surface area contributed by atoms with Crippen molar-refractivity contribution in [2.45, 2.75) is 19.1 Å². The number of carbonyl (C=O) groups is 2. The Labute approximate surface area is 127 Å². The number of amides is 1. The molecule has 114 valence electrons. The predicted octanol–water partition coefficient (Wildman–Crippen LogP) is 1.21. The van der Waals surface area contributed by atoms with Crippen LogP contribution in [0.5, 0.6) is 0 Å². The third-order valence-corrected chi connectivity index (χ3v) is 4.00. The van der Waals surface area contributed by atoms with E-state index in [1.165, 1.54) is 17.0 Å². The summed E-state index contributed by atoms with van der Waals surface area (Å²) in [5.41, 5.74) is 0.698. The molecule has 2 heterocycles. The summed E-state index contributed by atoms with van der Waals surface area (Å²) >= 11 is 0. The first-order valence-corrected chi connectivity index (χ1v) is 7.06. The van der Waals surface area contributed by atoms with E-state index in [2.05, 4.69) is 10.3 Å². The summed E-state index contributed by atoms with van der Waals surface area (Å²) in [6, 6.07) is 5.66. The first-order valence-electron chi connectivity index (χ1n) is 7.06. The van der Waals surface area contributed by atoms with Gasteiger partial charge in [0.15, 0.2) is 11.9 Å². The molecule has 2 aliphatic rings. The number of carbonyl (C=O) groups excluding carboxylic acids is 2. The lowest BCUT2D eigenvalue weighted by atomic mass is 9.92. The third-order valence-electron chi connectivity index (χ3n) is 4.00. The highest BCUT2D eigenvalue weighted by Gasteiger charge is 2.47. The maximum absolute atomic E-state index is 13.1. The first-order chi connectivity index (χ1) is 10.5. The van der Waals surface area contributed by atoms with Crippen LogP contribution in [0.15, 0.2) is 35.3 Å². The molecule has 0 aromatic heterocycles. The van der Waals surface area contributed by atoms with Crippen LogP contribution in [0.3, 0.4) is 0 Å². The van der Waals surface area contributed by atoms with Gasteiger partial charge in [-0.15, -0.1) is 0 Å². The van der Waals surface area contributed by atoms with E-state index in [1.807, 2.05) is 0 Å². The summed E-state index contributed by atoms with van der Waals surface area (Å²) in [4.78, 5) is 30.0. The summed E-state index contributed by atoms with van der Waals surface area (Å²) in [6.45, 7) is 1.61. The van der Waals surface area contributed by atoms with Crippen LogP contribution >= 0.6 is 0 Å². The Bertz CT molecular complexity index is 698. The molecule has 0 radical (unpaired) electrons. The van der Waals surface area contributed by atoms with Crippen molar-refractivity contribution >= 4 is 23.6 Å². The molecule has 2 aliphatic heterocycles. The van der Waals surface area contributed by atoms with Crippen molar-refractivity contribution in [3.05, 3.63) is 41.7 Å². The molecule has 3 atom stereocenters. The SMILES string of the molecule is CC1C(=O)C2NC(/C=C/c3cccc(F)c3)=NC2N(C)C1=O. The number of Topliss-reactive ketones (excluding diaryl/α,β-unsaturated/α-hetero) is 1. The molecular formula is C16H16FN3O2. The number of likely N-dealkylation sites (tertiary alicyclic amines) is 1. The number of fused-ring (bicyclic) bond motifs is 1. The van der Waals surface area contributed by atoms with E-state index in [4.69, 9.17) is 0 Å². The maximum atomic E-state index is 13.1. The summed E-state index contributed by atoms with van der Waals surface area (Å²) in [7, 11) is 1.65. The van der Waals surface area contributed by atoms with Crippen molar-refractivity contribution in [2.24, 2.45) is 10.9 Å². The van der Waals surface area contributed by atoms with Gasteiger partial charge in [0, 0.05) is 7.05 Å². The van der Waals surface area contributed by atoms with Crippen LogP contribution in [0.4, 0.5) is 4.39 Å². The summed E-state index contributed by atoms with van der Waals surface area (Å²) in [5.74, 6) is -0.813. The van der Waals surface area contributed by atoms with Gasteiger partial charge >= 0.3 is 0 Å². The minimum atomic E-state index is -0.652. The zero-order chi connectivity index (χ0) is 15.9. The molecule has 1 aromatic rings.